The number of hydrogen-bond donors (Lipinski definition) is 0. The zero-order valence-corrected chi connectivity index (χ0v) is 17.7. The third-order valence-corrected chi connectivity index (χ3v) is 6.82. The summed E-state index contributed by atoms with van der Waals surface area (Å²) in [6.45, 7) is 5.57. The zero-order valence-electron chi connectivity index (χ0n) is 16.8. The molecule has 6 nitrogen and oxygen atoms in total. The van der Waals surface area contributed by atoms with Gasteiger partial charge in [-0.25, -0.2) is 13.2 Å². The van der Waals surface area contributed by atoms with Gasteiger partial charge in [0, 0.05) is 18.5 Å². The molecule has 1 aliphatic heterocycles. The van der Waals surface area contributed by atoms with Gasteiger partial charge in [-0.3, -0.25) is 4.79 Å². The average Bonchev–Trinajstić information content (AvgIpc) is 2.70. The normalized spacial score (nSPS) is 14.9. The number of hydrogen-bond acceptors (Lipinski definition) is 5. The van der Waals surface area contributed by atoms with E-state index >= 15 is 0 Å². The summed E-state index contributed by atoms with van der Waals surface area (Å²) in [5, 5.41) is 0. The van der Waals surface area contributed by atoms with Crippen molar-refractivity contribution in [1.29, 1.82) is 0 Å². The number of carbonyl (C=O) groups excluding carboxylic acids is 2. The van der Waals surface area contributed by atoms with Gasteiger partial charge < -0.3 is 4.74 Å². The third-order valence-electron chi connectivity index (χ3n) is 4.97. The van der Waals surface area contributed by atoms with Crippen molar-refractivity contribution in [3.05, 3.63) is 65.2 Å². The van der Waals surface area contributed by atoms with Crippen molar-refractivity contribution in [2.75, 3.05) is 13.2 Å². The van der Waals surface area contributed by atoms with Crippen molar-refractivity contribution < 1.29 is 22.7 Å². The Kier molecular flexibility index (Phi) is 5.91. The van der Waals surface area contributed by atoms with Gasteiger partial charge >= 0.3 is 5.97 Å². The maximum Gasteiger partial charge on any atom is 0.338 e. The highest BCUT2D eigenvalue weighted by Crippen LogP contribution is 2.25. The highest BCUT2D eigenvalue weighted by Gasteiger charge is 2.29. The van der Waals surface area contributed by atoms with Crippen molar-refractivity contribution in [3.63, 3.8) is 0 Å². The van der Waals surface area contributed by atoms with Gasteiger partial charge in [0.15, 0.2) is 12.4 Å². The van der Waals surface area contributed by atoms with Crippen LogP contribution in [0, 0.1) is 5.41 Å². The first kappa shape index (κ1) is 21.2. The molecule has 2 aromatic rings. The van der Waals surface area contributed by atoms with E-state index in [1.807, 2.05) is 24.3 Å². The first-order chi connectivity index (χ1) is 13.6. The summed E-state index contributed by atoms with van der Waals surface area (Å²) in [4.78, 5) is 24.3. The number of fused-ring (bicyclic) bond motifs is 1. The fourth-order valence-electron chi connectivity index (χ4n) is 3.04. The van der Waals surface area contributed by atoms with Crippen LogP contribution in [0.25, 0.3) is 0 Å². The number of ether oxygens (including phenoxy) is 1. The van der Waals surface area contributed by atoms with Crippen LogP contribution in [-0.4, -0.2) is 37.6 Å². The molecule has 0 aromatic heterocycles. The summed E-state index contributed by atoms with van der Waals surface area (Å²) >= 11 is 0. The molecule has 0 aliphatic carbocycles. The molecule has 0 N–H and O–H groups in total. The minimum Gasteiger partial charge on any atom is -0.454 e. The Labute approximate surface area is 171 Å². The number of carbonyl (C=O) groups is 2. The van der Waals surface area contributed by atoms with Gasteiger partial charge in [-0.05, 0) is 35.7 Å². The van der Waals surface area contributed by atoms with Crippen molar-refractivity contribution in [2.45, 2.75) is 38.6 Å². The van der Waals surface area contributed by atoms with Crippen molar-refractivity contribution >= 4 is 21.8 Å². The Hall–Kier alpha value is -2.51. The maximum atomic E-state index is 13.1. The molecule has 0 saturated carbocycles. The van der Waals surface area contributed by atoms with Gasteiger partial charge in [-0.2, -0.15) is 4.31 Å². The van der Waals surface area contributed by atoms with Crippen LogP contribution < -0.4 is 0 Å². The van der Waals surface area contributed by atoms with Crippen molar-refractivity contribution in [3.8, 4) is 0 Å². The monoisotopic (exact) mass is 415 g/mol. The van der Waals surface area contributed by atoms with E-state index in [0.717, 1.165) is 11.1 Å². The molecule has 7 heteroatoms. The zero-order chi connectivity index (χ0) is 21.2. The highest BCUT2D eigenvalue weighted by atomic mass is 32.2. The van der Waals surface area contributed by atoms with Gasteiger partial charge in [0.05, 0.1) is 10.5 Å². The second-order valence-corrected chi connectivity index (χ2v) is 10.1. The number of nitrogens with zero attached hydrogens (tertiary/aromatic N) is 1. The fraction of sp³-hybridized carbons (Fsp3) is 0.364. The van der Waals surface area contributed by atoms with E-state index in [4.69, 9.17) is 4.74 Å². The smallest absolute Gasteiger partial charge is 0.338 e. The van der Waals surface area contributed by atoms with E-state index in [-0.39, 0.29) is 22.8 Å². The molecule has 154 valence electrons. The SMILES string of the molecule is CC(C)(C)C(=O)COC(=O)c1cccc(S(=O)(=O)N2CCc3ccccc3C2)c1. The molecule has 0 saturated heterocycles. The molecular weight excluding hydrogens is 390 g/mol. The van der Waals surface area contributed by atoms with Crippen LogP contribution in [0.4, 0.5) is 0 Å². The Bertz CT molecular complexity index is 1040. The largest absolute Gasteiger partial charge is 0.454 e. The third kappa shape index (κ3) is 4.74. The summed E-state index contributed by atoms with van der Waals surface area (Å²) in [6, 6.07) is 13.5. The maximum absolute atomic E-state index is 13.1. The lowest BCUT2D eigenvalue weighted by molar-refractivity contribution is -0.129. The molecule has 0 bridgehead atoms. The predicted octanol–water partition coefficient (Wildman–Crippen LogP) is 3.21. The average molecular weight is 416 g/mol. The molecular formula is C22H25NO5S. The molecule has 0 fully saturated rings. The van der Waals surface area contributed by atoms with E-state index < -0.39 is 21.4 Å². The molecule has 3 rings (SSSR count). The van der Waals surface area contributed by atoms with Gasteiger partial charge in [0.1, 0.15) is 0 Å². The van der Waals surface area contributed by atoms with Crippen LogP contribution in [0.15, 0.2) is 53.4 Å². The Balaban J connectivity index is 1.76. The van der Waals surface area contributed by atoms with Gasteiger partial charge in [0.25, 0.3) is 0 Å². The second kappa shape index (κ2) is 8.08. The van der Waals surface area contributed by atoms with Crippen molar-refractivity contribution in [1.82, 2.24) is 4.31 Å². The lowest BCUT2D eigenvalue weighted by Crippen LogP contribution is -2.36. The summed E-state index contributed by atoms with van der Waals surface area (Å²) in [7, 11) is -3.76. The molecule has 0 spiro atoms. The van der Waals surface area contributed by atoms with Crippen LogP contribution in [0.2, 0.25) is 0 Å². The first-order valence-electron chi connectivity index (χ1n) is 9.46. The van der Waals surface area contributed by atoms with E-state index in [2.05, 4.69) is 0 Å². The number of rotatable bonds is 5. The van der Waals surface area contributed by atoms with Crippen LogP contribution in [0.5, 0.6) is 0 Å². The van der Waals surface area contributed by atoms with Crippen molar-refractivity contribution in [2.24, 2.45) is 5.41 Å². The minimum atomic E-state index is -3.76. The minimum absolute atomic E-state index is 0.0356. The molecule has 0 radical (unpaired) electrons. The number of sulfonamides is 1. The fourth-order valence-corrected chi connectivity index (χ4v) is 4.50. The first-order valence-corrected chi connectivity index (χ1v) is 10.9. The summed E-state index contributed by atoms with van der Waals surface area (Å²) < 4.78 is 32.7. The number of Topliss-reactive ketones (excluding diaryl/α,β-unsaturated/α-hetero) is 1. The Morgan fingerprint density at radius 1 is 1.03 bits per heavy atom. The molecule has 0 atom stereocenters. The van der Waals surface area contributed by atoms with E-state index in [0.29, 0.717) is 19.5 Å². The Morgan fingerprint density at radius 2 is 1.72 bits per heavy atom. The quantitative estimate of drug-likeness (QED) is 0.701. The van der Waals surface area contributed by atoms with Gasteiger partial charge in [0.2, 0.25) is 10.0 Å². The number of esters is 1. The summed E-state index contributed by atoms with van der Waals surface area (Å²) in [5.74, 6) is -0.926. The van der Waals surface area contributed by atoms with Crippen LogP contribution in [0.3, 0.4) is 0 Å². The molecule has 2 aromatic carbocycles. The second-order valence-electron chi connectivity index (χ2n) is 8.13. The summed E-state index contributed by atoms with van der Waals surface area (Å²) in [6.07, 6.45) is 0.645. The predicted molar refractivity (Wildman–Crippen MR) is 109 cm³/mol. The van der Waals surface area contributed by atoms with Crippen LogP contribution >= 0.6 is 0 Å². The van der Waals surface area contributed by atoms with E-state index in [1.54, 1.807) is 20.8 Å². The lowest BCUT2D eigenvalue weighted by Gasteiger charge is -2.28. The molecule has 0 unspecified atom stereocenters. The molecule has 1 heterocycles. The van der Waals surface area contributed by atoms with Crippen LogP contribution in [0.1, 0.15) is 42.3 Å². The molecule has 1 aliphatic rings. The topological polar surface area (TPSA) is 80.8 Å². The highest BCUT2D eigenvalue weighted by molar-refractivity contribution is 7.89. The van der Waals surface area contributed by atoms with Gasteiger partial charge in [-0.15, -0.1) is 0 Å². The molecule has 0 amide bonds. The van der Waals surface area contributed by atoms with E-state index in [1.165, 1.54) is 28.6 Å². The van der Waals surface area contributed by atoms with Gasteiger partial charge in [-0.1, -0.05) is 51.1 Å². The summed E-state index contributed by atoms with van der Waals surface area (Å²) in [5.41, 5.74) is 1.62. The van der Waals surface area contributed by atoms with E-state index in [9.17, 15) is 18.0 Å². The Morgan fingerprint density at radius 3 is 2.41 bits per heavy atom. The van der Waals surface area contributed by atoms with Crippen LogP contribution in [-0.2, 0) is 32.5 Å². The number of ketones is 1. The standard InChI is InChI=1S/C22H25NO5S/c1-22(2,3)20(24)15-28-21(25)17-9-6-10-19(13-17)29(26,27)23-12-11-16-7-4-5-8-18(16)14-23/h4-10,13H,11-12,14-15H2,1-3H3. The molecule has 29 heavy (non-hydrogen) atoms. The number of benzene rings is 2. The lowest BCUT2D eigenvalue weighted by atomic mass is 9.91.